The molecule has 0 atom stereocenters. The van der Waals surface area contributed by atoms with Crippen LogP contribution < -0.4 is 5.32 Å². The molecule has 5 nitrogen and oxygen atoms in total. The van der Waals surface area contributed by atoms with Gasteiger partial charge in [0.05, 0.1) is 5.02 Å². The van der Waals surface area contributed by atoms with Crippen molar-refractivity contribution in [3.63, 3.8) is 0 Å². The number of hydrogen-bond donors (Lipinski definition) is 1. The Kier molecular flexibility index (Phi) is 4.37. The van der Waals surface area contributed by atoms with E-state index in [0.29, 0.717) is 10.8 Å². The number of nitriles is 1. The summed E-state index contributed by atoms with van der Waals surface area (Å²) >= 11 is 5.82. The summed E-state index contributed by atoms with van der Waals surface area (Å²) in [4.78, 5) is 8.28. The van der Waals surface area contributed by atoms with Gasteiger partial charge in [0.1, 0.15) is 17.7 Å². The van der Waals surface area contributed by atoms with Gasteiger partial charge in [-0.05, 0) is 25.5 Å². The molecule has 0 aromatic carbocycles. The van der Waals surface area contributed by atoms with Crippen molar-refractivity contribution in [3.05, 3.63) is 41.1 Å². The minimum atomic E-state index is 0.247. The number of hydrogen-bond acceptors (Lipinski definition) is 4. The maximum absolute atomic E-state index is 8.84. The third-order valence-corrected chi connectivity index (χ3v) is 3.06. The normalized spacial score (nSPS) is 10.2. The molecular weight excluding hydrogens is 262 g/mol. The van der Waals surface area contributed by atoms with Gasteiger partial charge in [0.15, 0.2) is 5.69 Å². The minimum Gasteiger partial charge on any atom is -0.370 e. The summed E-state index contributed by atoms with van der Waals surface area (Å²) in [5.41, 5.74) is 0.247. The van der Waals surface area contributed by atoms with E-state index in [0.717, 1.165) is 25.3 Å². The average Bonchev–Trinajstić information content (AvgIpc) is 2.82. The predicted molar refractivity (Wildman–Crippen MR) is 74.0 cm³/mol. The van der Waals surface area contributed by atoms with Crippen molar-refractivity contribution >= 4 is 17.4 Å². The third kappa shape index (κ3) is 3.46. The van der Waals surface area contributed by atoms with Gasteiger partial charge in [-0.1, -0.05) is 11.6 Å². The molecule has 2 aromatic heterocycles. The summed E-state index contributed by atoms with van der Waals surface area (Å²) in [6, 6.07) is 5.41. The molecular formula is C13H14ClN5. The molecule has 0 radical (unpaired) electrons. The zero-order chi connectivity index (χ0) is 13.7. The molecule has 0 unspecified atom stereocenters. The predicted octanol–water partition coefficient (Wildman–Crippen LogP) is 2.61. The molecule has 0 fully saturated rings. The van der Waals surface area contributed by atoms with Gasteiger partial charge in [-0.2, -0.15) is 5.26 Å². The number of nitrogens with one attached hydrogen (secondary N) is 1. The van der Waals surface area contributed by atoms with E-state index < -0.39 is 0 Å². The van der Waals surface area contributed by atoms with Crippen LogP contribution in [0.15, 0.2) is 24.5 Å². The van der Waals surface area contributed by atoms with Crippen molar-refractivity contribution in [2.75, 3.05) is 11.9 Å². The van der Waals surface area contributed by atoms with Crippen LogP contribution in [0.5, 0.6) is 0 Å². The number of aryl methyl sites for hydroxylation is 2. The monoisotopic (exact) mass is 275 g/mol. The van der Waals surface area contributed by atoms with Crippen molar-refractivity contribution in [1.82, 2.24) is 14.5 Å². The smallest absolute Gasteiger partial charge is 0.161 e. The quantitative estimate of drug-likeness (QED) is 0.852. The van der Waals surface area contributed by atoms with Crippen molar-refractivity contribution in [1.29, 1.82) is 5.26 Å². The van der Waals surface area contributed by atoms with E-state index in [2.05, 4.69) is 19.9 Å². The molecule has 0 amide bonds. The number of anilines is 1. The number of rotatable bonds is 5. The van der Waals surface area contributed by atoms with E-state index in [1.165, 1.54) is 0 Å². The second kappa shape index (κ2) is 6.21. The van der Waals surface area contributed by atoms with Gasteiger partial charge in [0.2, 0.25) is 0 Å². The van der Waals surface area contributed by atoms with Crippen molar-refractivity contribution in [2.24, 2.45) is 0 Å². The first-order chi connectivity index (χ1) is 9.20. The molecule has 1 N–H and O–H groups in total. The number of halogens is 1. The summed E-state index contributed by atoms with van der Waals surface area (Å²) in [5, 5.41) is 12.4. The molecule has 2 heterocycles. The maximum atomic E-state index is 8.84. The molecule has 19 heavy (non-hydrogen) atoms. The lowest BCUT2D eigenvalue weighted by Crippen LogP contribution is -2.08. The van der Waals surface area contributed by atoms with E-state index in [4.69, 9.17) is 16.9 Å². The lowest BCUT2D eigenvalue weighted by atomic mass is 10.3. The lowest BCUT2D eigenvalue weighted by Gasteiger charge is -2.07. The second-order valence-electron chi connectivity index (χ2n) is 4.09. The Morgan fingerprint density at radius 1 is 1.47 bits per heavy atom. The van der Waals surface area contributed by atoms with Gasteiger partial charge in [-0.15, -0.1) is 0 Å². The zero-order valence-electron chi connectivity index (χ0n) is 10.6. The molecule has 2 rings (SSSR count). The van der Waals surface area contributed by atoms with Gasteiger partial charge in [0, 0.05) is 25.5 Å². The third-order valence-electron chi connectivity index (χ3n) is 2.76. The van der Waals surface area contributed by atoms with Crippen LogP contribution in [-0.4, -0.2) is 21.1 Å². The van der Waals surface area contributed by atoms with Crippen LogP contribution in [0.4, 0.5) is 5.82 Å². The van der Waals surface area contributed by atoms with E-state index >= 15 is 0 Å². The van der Waals surface area contributed by atoms with E-state index in [1.54, 1.807) is 18.3 Å². The summed E-state index contributed by atoms with van der Waals surface area (Å²) in [6.45, 7) is 3.65. The molecule has 2 aromatic rings. The van der Waals surface area contributed by atoms with Crippen LogP contribution in [0.25, 0.3) is 0 Å². The van der Waals surface area contributed by atoms with Crippen LogP contribution in [0.3, 0.4) is 0 Å². The zero-order valence-corrected chi connectivity index (χ0v) is 11.4. The van der Waals surface area contributed by atoms with Gasteiger partial charge < -0.3 is 9.88 Å². The lowest BCUT2D eigenvalue weighted by molar-refractivity contribution is 0.642. The Balaban J connectivity index is 1.83. The fourth-order valence-electron chi connectivity index (χ4n) is 1.72. The standard InChI is InChI=1S/C13H14ClN5/c1-10-16-6-8-19(10)7-2-5-17-13-4-3-11(14)12(9-15)18-13/h3-4,6,8H,2,5,7H2,1H3,(H,17,18). The Hall–Kier alpha value is -2.06. The highest BCUT2D eigenvalue weighted by Gasteiger charge is 2.02. The highest BCUT2D eigenvalue weighted by Crippen LogP contribution is 2.15. The SMILES string of the molecule is Cc1nccn1CCCNc1ccc(Cl)c(C#N)n1. The molecule has 0 aliphatic heterocycles. The maximum Gasteiger partial charge on any atom is 0.161 e. The number of imidazole rings is 1. The molecule has 0 saturated heterocycles. The number of pyridine rings is 1. The van der Waals surface area contributed by atoms with Gasteiger partial charge in [-0.3, -0.25) is 0 Å². The Bertz CT molecular complexity index is 599. The molecule has 0 aliphatic carbocycles. The fourth-order valence-corrected chi connectivity index (χ4v) is 1.87. The van der Waals surface area contributed by atoms with Crippen molar-refractivity contribution in [2.45, 2.75) is 19.9 Å². The first kappa shape index (κ1) is 13.4. The Morgan fingerprint density at radius 3 is 3.00 bits per heavy atom. The van der Waals surface area contributed by atoms with Crippen molar-refractivity contribution < 1.29 is 0 Å². The number of aromatic nitrogens is 3. The molecule has 6 heteroatoms. The first-order valence-electron chi connectivity index (χ1n) is 5.99. The van der Waals surface area contributed by atoms with Crippen LogP contribution in [0.2, 0.25) is 5.02 Å². The Labute approximate surface area is 116 Å². The van der Waals surface area contributed by atoms with Crippen LogP contribution in [-0.2, 0) is 6.54 Å². The van der Waals surface area contributed by atoms with Crippen LogP contribution >= 0.6 is 11.6 Å². The highest BCUT2D eigenvalue weighted by atomic mass is 35.5. The summed E-state index contributed by atoms with van der Waals surface area (Å²) in [5.74, 6) is 1.68. The summed E-state index contributed by atoms with van der Waals surface area (Å²) in [6.07, 6.45) is 4.70. The largest absolute Gasteiger partial charge is 0.370 e. The van der Waals surface area contributed by atoms with E-state index in [1.807, 2.05) is 19.2 Å². The van der Waals surface area contributed by atoms with Gasteiger partial charge >= 0.3 is 0 Å². The average molecular weight is 276 g/mol. The van der Waals surface area contributed by atoms with Gasteiger partial charge in [-0.25, -0.2) is 9.97 Å². The minimum absolute atomic E-state index is 0.247. The number of nitrogens with zero attached hydrogens (tertiary/aromatic N) is 4. The first-order valence-corrected chi connectivity index (χ1v) is 6.37. The summed E-state index contributed by atoms with van der Waals surface area (Å²) in [7, 11) is 0. The molecule has 98 valence electrons. The molecule has 0 spiro atoms. The van der Waals surface area contributed by atoms with Gasteiger partial charge in [0.25, 0.3) is 0 Å². The second-order valence-corrected chi connectivity index (χ2v) is 4.49. The molecule has 0 aliphatic rings. The van der Waals surface area contributed by atoms with Crippen molar-refractivity contribution in [3.8, 4) is 6.07 Å². The Morgan fingerprint density at radius 2 is 2.32 bits per heavy atom. The van der Waals surface area contributed by atoms with Crippen LogP contribution in [0.1, 0.15) is 17.9 Å². The molecule has 0 saturated carbocycles. The molecule has 0 bridgehead atoms. The summed E-state index contributed by atoms with van der Waals surface area (Å²) < 4.78 is 2.09. The van der Waals surface area contributed by atoms with Crippen LogP contribution in [0, 0.1) is 18.3 Å². The van der Waals surface area contributed by atoms with E-state index in [9.17, 15) is 0 Å². The van der Waals surface area contributed by atoms with E-state index in [-0.39, 0.29) is 5.69 Å². The topological polar surface area (TPSA) is 66.5 Å². The highest BCUT2D eigenvalue weighted by molar-refractivity contribution is 6.31. The fraction of sp³-hybridized carbons (Fsp3) is 0.308.